The molecule has 5 nitrogen and oxygen atoms in total. The van der Waals surface area contributed by atoms with Crippen molar-refractivity contribution < 1.29 is 22.4 Å². The zero-order valence-electron chi connectivity index (χ0n) is 20.5. The molecule has 35 heavy (non-hydrogen) atoms. The molecule has 1 aliphatic heterocycles. The normalized spacial score (nSPS) is 14.4. The molecule has 1 aliphatic rings. The second-order valence-corrected chi connectivity index (χ2v) is 9.33. The van der Waals surface area contributed by atoms with Gasteiger partial charge in [-0.25, -0.2) is 22.5 Å². The average Bonchev–Trinajstić information content (AvgIpc) is 3.19. The molecule has 0 unspecified atom stereocenters. The Balaban J connectivity index is 0.000000363. The summed E-state index contributed by atoms with van der Waals surface area (Å²) in [6.07, 6.45) is 0. The minimum absolute atomic E-state index is 0.0404. The zero-order valence-corrected chi connectivity index (χ0v) is 20.5. The molecule has 2 N–H and O–H groups in total. The van der Waals surface area contributed by atoms with E-state index >= 15 is 0 Å². The number of benzene rings is 2. The number of rotatable bonds is 3. The van der Waals surface area contributed by atoms with Gasteiger partial charge in [-0.05, 0) is 44.9 Å². The SMILES string of the molecule is CC(C)c1c(-c2cc(F)c(F)cc2F)nc2n1CCN(C(=O)CN)C2(C)C.Cc1ccc(F)cc1. The number of nitrogens with zero attached hydrogens (tertiary/aromatic N) is 3. The van der Waals surface area contributed by atoms with Gasteiger partial charge in [0.15, 0.2) is 11.6 Å². The Morgan fingerprint density at radius 2 is 1.63 bits per heavy atom. The number of amides is 1. The fourth-order valence-electron chi connectivity index (χ4n) is 4.33. The predicted octanol–water partition coefficient (Wildman–Crippen LogP) is 5.26. The van der Waals surface area contributed by atoms with Gasteiger partial charge in [-0.15, -0.1) is 0 Å². The topological polar surface area (TPSA) is 64.2 Å². The first-order valence-electron chi connectivity index (χ1n) is 11.4. The third-order valence-electron chi connectivity index (χ3n) is 6.07. The largest absolute Gasteiger partial charge is 0.327 e. The average molecular weight is 491 g/mol. The quantitative estimate of drug-likeness (QED) is 0.402. The summed E-state index contributed by atoms with van der Waals surface area (Å²) >= 11 is 0. The van der Waals surface area contributed by atoms with E-state index in [1.807, 2.05) is 39.2 Å². The second-order valence-electron chi connectivity index (χ2n) is 9.33. The summed E-state index contributed by atoms with van der Waals surface area (Å²) < 4.78 is 55.6. The van der Waals surface area contributed by atoms with Gasteiger partial charge in [0.1, 0.15) is 17.5 Å². The monoisotopic (exact) mass is 490 g/mol. The van der Waals surface area contributed by atoms with Crippen molar-refractivity contribution in [3.05, 3.63) is 76.7 Å². The molecule has 0 atom stereocenters. The minimum atomic E-state index is -1.24. The first kappa shape index (κ1) is 26.4. The molecule has 1 aromatic heterocycles. The fraction of sp³-hybridized carbons (Fsp3) is 0.385. The van der Waals surface area contributed by atoms with Crippen LogP contribution >= 0.6 is 0 Å². The smallest absolute Gasteiger partial charge is 0.237 e. The van der Waals surface area contributed by atoms with Crippen LogP contribution in [0.25, 0.3) is 11.3 Å². The van der Waals surface area contributed by atoms with Crippen LogP contribution in [0.15, 0.2) is 36.4 Å². The molecule has 0 spiro atoms. The van der Waals surface area contributed by atoms with Crippen molar-refractivity contribution in [2.45, 2.75) is 52.6 Å². The van der Waals surface area contributed by atoms with Gasteiger partial charge in [-0.2, -0.15) is 0 Å². The third kappa shape index (κ3) is 5.24. The van der Waals surface area contributed by atoms with Crippen molar-refractivity contribution in [1.82, 2.24) is 14.5 Å². The Bertz CT molecular complexity index is 1200. The number of carbonyl (C=O) groups is 1. The number of nitrogens with two attached hydrogens (primary N) is 1. The maximum absolute atomic E-state index is 14.4. The lowest BCUT2D eigenvalue weighted by Gasteiger charge is -2.42. The van der Waals surface area contributed by atoms with Gasteiger partial charge in [0.05, 0.1) is 17.8 Å². The molecule has 0 bridgehead atoms. The van der Waals surface area contributed by atoms with Gasteiger partial charge < -0.3 is 15.2 Å². The molecule has 0 aliphatic carbocycles. The zero-order chi connectivity index (χ0) is 26.1. The number of imidazole rings is 1. The van der Waals surface area contributed by atoms with Crippen LogP contribution in [0.2, 0.25) is 0 Å². The molecular weight excluding hydrogens is 460 g/mol. The fourth-order valence-corrected chi connectivity index (χ4v) is 4.33. The molecule has 188 valence electrons. The van der Waals surface area contributed by atoms with Crippen LogP contribution < -0.4 is 5.73 Å². The molecule has 0 fully saturated rings. The summed E-state index contributed by atoms with van der Waals surface area (Å²) in [4.78, 5) is 18.5. The van der Waals surface area contributed by atoms with E-state index in [-0.39, 0.29) is 35.4 Å². The summed E-state index contributed by atoms with van der Waals surface area (Å²) in [5, 5.41) is 0. The highest BCUT2D eigenvalue weighted by atomic mass is 19.2. The van der Waals surface area contributed by atoms with Crippen LogP contribution in [0.1, 0.15) is 50.7 Å². The molecule has 0 saturated carbocycles. The van der Waals surface area contributed by atoms with Gasteiger partial charge in [0.2, 0.25) is 5.91 Å². The highest BCUT2D eigenvalue weighted by molar-refractivity contribution is 5.79. The van der Waals surface area contributed by atoms with E-state index in [1.54, 1.807) is 17.0 Å². The maximum Gasteiger partial charge on any atom is 0.237 e. The summed E-state index contributed by atoms with van der Waals surface area (Å²) in [5.74, 6) is -3.10. The lowest BCUT2D eigenvalue weighted by Crippen LogP contribution is -2.53. The van der Waals surface area contributed by atoms with Crippen molar-refractivity contribution in [3.63, 3.8) is 0 Å². The molecule has 0 radical (unpaired) electrons. The van der Waals surface area contributed by atoms with Crippen molar-refractivity contribution in [2.75, 3.05) is 13.1 Å². The Labute approximate surface area is 202 Å². The second kappa shape index (κ2) is 10.2. The van der Waals surface area contributed by atoms with Crippen molar-refractivity contribution >= 4 is 5.91 Å². The molecule has 4 rings (SSSR count). The Morgan fingerprint density at radius 1 is 1.03 bits per heavy atom. The lowest BCUT2D eigenvalue weighted by atomic mass is 9.98. The van der Waals surface area contributed by atoms with Crippen molar-refractivity contribution in [3.8, 4) is 11.3 Å². The molecular formula is C26H30F4N4O. The van der Waals surface area contributed by atoms with E-state index in [0.717, 1.165) is 17.3 Å². The number of hydrogen-bond acceptors (Lipinski definition) is 3. The summed E-state index contributed by atoms with van der Waals surface area (Å²) in [7, 11) is 0. The lowest BCUT2D eigenvalue weighted by molar-refractivity contribution is -0.137. The highest BCUT2D eigenvalue weighted by Crippen LogP contribution is 2.39. The number of carbonyl (C=O) groups excluding carboxylic acids is 1. The molecule has 2 aromatic carbocycles. The van der Waals surface area contributed by atoms with Gasteiger partial charge in [0.25, 0.3) is 0 Å². The van der Waals surface area contributed by atoms with Crippen molar-refractivity contribution in [2.24, 2.45) is 5.73 Å². The predicted molar refractivity (Wildman–Crippen MR) is 127 cm³/mol. The number of aromatic nitrogens is 2. The first-order chi connectivity index (χ1) is 16.4. The van der Waals surface area contributed by atoms with E-state index in [4.69, 9.17) is 5.73 Å². The van der Waals surface area contributed by atoms with E-state index < -0.39 is 23.0 Å². The van der Waals surface area contributed by atoms with Crippen LogP contribution in [0.5, 0.6) is 0 Å². The van der Waals surface area contributed by atoms with E-state index in [9.17, 15) is 22.4 Å². The Hall–Kier alpha value is -3.20. The van der Waals surface area contributed by atoms with E-state index in [1.165, 1.54) is 12.1 Å². The summed E-state index contributed by atoms with van der Waals surface area (Å²) in [5.41, 5.74) is 6.74. The van der Waals surface area contributed by atoms with Crippen LogP contribution in [0.3, 0.4) is 0 Å². The number of aryl methyl sites for hydroxylation is 1. The highest BCUT2D eigenvalue weighted by Gasteiger charge is 2.41. The minimum Gasteiger partial charge on any atom is -0.327 e. The third-order valence-corrected chi connectivity index (χ3v) is 6.07. The summed E-state index contributed by atoms with van der Waals surface area (Å²) in [6, 6.07) is 7.76. The number of halogens is 4. The molecule has 0 saturated heterocycles. The maximum atomic E-state index is 14.4. The van der Waals surface area contributed by atoms with Crippen LogP contribution in [0, 0.1) is 30.2 Å². The number of fused-ring (bicyclic) bond motifs is 1. The van der Waals surface area contributed by atoms with Gasteiger partial charge in [0, 0.05) is 30.4 Å². The van der Waals surface area contributed by atoms with Crippen LogP contribution in [0.4, 0.5) is 17.6 Å². The van der Waals surface area contributed by atoms with Crippen LogP contribution in [-0.2, 0) is 16.9 Å². The van der Waals surface area contributed by atoms with Crippen LogP contribution in [-0.4, -0.2) is 33.4 Å². The van der Waals surface area contributed by atoms with E-state index in [0.29, 0.717) is 25.0 Å². The number of hydrogen-bond donors (Lipinski definition) is 1. The standard InChI is InChI=1S/C19H23F3N4O.C7H7F/c1-10(2)17-16(11-7-13(21)14(22)8-12(11)20)24-18-19(3,4)26(15(27)9-23)6-5-25(17)18;1-6-2-4-7(8)5-3-6/h7-8,10H,5-6,9,23H2,1-4H3;2-5H,1H3. The Kier molecular flexibility index (Phi) is 7.69. The van der Waals surface area contributed by atoms with Gasteiger partial charge in [-0.3, -0.25) is 4.79 Å². The summed E-state index contributed by atoms with van der Waals surface area (Å²) in [6.45, 7) is 10.3. The first-order valence-corrected chi connectivity index (χ1v) is 11.4. The van der Waals surface area contributed by atoms with E-state index in [2.05, 4.69) is 4.98 Å². The van der Waals surface area contributed by atoms with Crippen molar-refractivity contribution in [1.29, 1.82) is 0 Å². The molecule has 3 aromatic rings. The van der Waals surface area contributed by atoms with Gasteiger partial charge >= 0.3 is 0 Å². The molecule has 1 amide bonds. The Morgan fingerprint density at radius 3 is 2.17 bits per heavy atom. The molecule has 2 heterocycles. The van der Waals surface area contributed by atoms with Gasteiger partial charge in [-0.1, -0.05) is 31.5 Å². The molecule has 9 heteroatoms.